The van der Waals surface area contributed by atoms with Crippen LogP contribution in [0.5, 0.6) is 0 Å². The van der Waals surface area contributed by atoms with E-state index in [2.05, 4.69) is 20.7 Å². The summed E-state index contributed by atoms with van der Waals surface area (Å²) in [4.78, 5) is 4.20. The minimum absolute atomic E-state index is 0.0520. The van der Waals surface area contributed by atoms with Gasteiger partial charge in [0.15, 0.2) is 11.7 Å². The van der Waals surface area contributed by atoms with Crippen molar-refractivity contribution in [2.75, 3.05) is 6.54 Å². The number of alkyl halides is 3. The Labute approximate surface area is 122 Å². The van der Waals surface area contributed by atoms with Crippen molar-refractivity contribution in [1.82, 2.24) is 20.4 Å². The van der Waals surface area contributed by atoms with E-state index in [1.54, 1.807) is 0 Å². The van der Waals surface area contributed by atoms with Gasteiger partial charge < -0.3 is 10.6 Å². The highest BCUT2D eigenvalue weighted by atomic mass is 19.4. The Hall–Kier alpha value is -1.73. The average Bonchev–Trinajstić information content (AvgIpc) is 2.65. The molecule has 0 saturated heterocycles. The van der Waals surface area contributed by atoms with Gasteiger partial charge >= 0.3 is 6.18 Å². The largest absolute Gasteiger partial charge is 0.435 e. The topological polar surface area (TPSA) is 54.2 Å². The summed E-state index contributed by atoms with van der Waals surface area (Å²) in [6, 6.07) is 0. The zero-order valence-electron chi connectivity index (χ0n) is 13.0. The summed E-state index contributed by atoms with van der Waals surface area (Å²) in [5.74, 6) is 0.474. The fraction of sp³-hybridized carbons (Fsp3) is 0.692. The van der Waals surface area contributed by atoms with Gasteiger partial charge in [-0.15, -0.1) is 0 Å². The van der Waals surface area contributed by atoms with Gasteiger partial charge in [-0.3, -0.25) is 4.68 Å². The van der Waals surface area contributed by atoms with Gasteiger partial charge in [-0.25, -0.2) is 4.99 Å². The second-order valence-corrected chi connectivity index (χ2v) is 5.74. The summed E-state index contributed by atoms with van der Waals surface area (Å²) in [5.41, 5.74) is -1.07. The molecule has 0 unspecified atom stereocenters. The van der Waals surface area contributed by atoms with Gasteiger partial charge in [0.1, 0.15) is 0 Å². The van der Waals surface area contributed by atoms with E-state index in [4.69, 9.17) is 0 Å². The van der Waals surface area contributed by atoms with Gasteiger partial charge in [0.05, 0.1) is 6.54 Å². The second-order valence-electron chi connectivity index (χ2n) is 5.74. The predicted molar refractivity (Wildman–Crippen MR) is 75.9 cm³/mol. The molecule has 0 fully saturated rings. The molecule has 5 nitrogen and oxygen atoms in total. The van der Waals surface area contributed by atoms with Crippen LogP contribution in [0.15, 0.2) is 11.2 Å². The van der Waals surface area contributed by atoms with Gasteiger partial charge in [0.2, 0.25) is 0 Å². The molecular weight excluding hydrogens is 283 g/mol. The van der Waals surface area contributed by atoms with Crippen molar-refractivity contribution in [3.05, 3.63) is 17.5 Å². The van der Waals surface area contributed by atoms with Crippen molar-refractivity contribution in [3.8, 4) is 0 Å². The van der Waals surface area contributed by atoms with Crippen LogP contribution in [-0.2, 0) is 19.8 Å². The van der Waals surface area contributed by atoms with Crippen LogP contribution < -0.4 is 10.6 Å². The smallest absolute Gasteiger partial charge is 0.357 e. The molecule has 120 valence electrons. The molecule has 0 aliphatic rings. The lowest BCUT2D eigenvalue weighted by Gasteiger charge is -2.23. The van der Waals surface area contributed by atoms with Crippen LogP contribution in [0.3, 0.4) is 0 Å². The van der Waals surface area contributed by atoms with Crippen molar-refractivity contribution in [3.63, 3.8) is 0 Å². The van der Waals surface area contributed by atoms with Crippen LogP contribution in [-0.4, -0.2) is 27.8 Å². The number of halogens is 3. The van der Waals surface area contributed by atoms with Gasteiger partial charge in [-0.05, 0) is 27.7 Å². The highest BCUT2D eigenvalue weighted by Crippen LogP contribution is 2.30. The first-order valence-corrected chi connectivity index (χ1v) is 6.69. The van der Waals surface area contributed by atoms with E-state index in [0.717, 1.165) is 4.68 Å². The monoisotopic (exact) mass is 305 g/mol. The maximum absolute atomic E-state index is 12.8. The third-order valence-electron chi connectivity index (χ3n) is 2.42. The first-order valence-electron chi connectivity index (χ1n) is 6.69. The highest BCUT2D eigenvalue weighted by molar-refractivity contribution is 5.80. The lowest BCUT2D eigenvalue weighted by Crippen LogP contribution is -2.47. The lowest BCUT2D eigenvalue weighted by atomic mass is 10.1. The molecule has 1 rings (SSSR count). The van der Waals surface area contributed by atoms with Crippen LogP contribution in [0.4, 0.5) is 13.2 Å². The number of aliphatic imine (C=N–C) groups is 1. The van der Waals surface area contributed by atoms with Gasteiger partial charge in [0, 0.05) is 30.9 Å². The fourth-order valence-corrected chi connectivity index (χ4v) is 1.72. The average molecular weight is 305 g/mol. The van der Waals surface area contributed by atoms with Crippen LogP contribution in [0.1, 0.15) is 39.0 Å². The molecular formula is C13H22F3N5. The number of aryl methyl sites for hydroxylation is 1. The van der Waals surface area contributed by atoms with E-state index < -0.39 is 11.9 Å². The van der Waals surface area contributed by atoms with Crippen LogP contribution in [0.2, 0.25) is 0 Å². The summed E-state index contributed by atoms with van der Waals surface area (Å²) in [5, 5.41) is 9.59. The normalized spacial score (nSPS) is 13.4. The molecule has 1 heterocycles. The van der Waals surface area contributed by atoms with E-state index in [-0.39, 0.29) is 17.6 Å². The zero-order valence-corrected chi connectivity index (χ0v) is 13.0. The summed E-state index contributed by atoms with van der Waals surface area (Å²) in [6.45, 7) is 8.28. The molecule has 0 aliphatic heterocycles. The molecule has 1 aromatic heterocycles. The molecule has 2 N–H and O–H groups in total. The van der Waals surface area contributed by atoms with Crippen LogP contribution in [0, 0.1) is 0 Å². The van der Waals surface area contributed by atoms with E-state index in [0.29, 0.717) is 12.5 Å². The Bertz CT molecular complexity index is 497. The first-order chi connectivity index (χ1) is 9.53. The Balaban J connectivity index is 2.95. The molecule has 0 amide bonds. The van der Waals surface area contributed by atoms with E-state index in [1.165, 1.54) is 13.2 Å². The molecule has 8 heteroatoms. The number of rotatable bonds is 3. The summed E-state index contributed by atoms with van der Waals surface area (Å²) >= 11 is 0. The number of hydrogen-bond acceptors (Lipinski definition) is 2. The standard InChI is InChI=1S/C13H22F3N5/c1-6-17-11(19-12(2,3)4)18-7-9-8-21(5)20-10(9)13(14,15)16/h8H,6-7H2,1-5H3,(H2,17,18,19). The van der Waals surface area contributed by atoms with Crippen molar-refractivity contribution < 1.29 is 13.2 Å². The van der Waals surface area contributed by atoms with Gasteiger partial charge in [0.25, 0.3) is 0 Å². The van der Waals surface area contributed by atoms with Crippen molar-refractivity contribution in [1.29, 1.82) is 0 Å². The molecule has 1 aromatic rings. The fourth-order valence-electron chi connectivity index (χ4n) is 1.72. The summed E-state index contributed by atoms with van der Waals surface area (Å²) in [6.07, 6.45) is -3.13. The minimum atomic E-state index is -4.47. The van der Waals surface area contributed by atoms with E-state index >= 15 is 0 Å². The second kappa shape index (κ2) is 6.36. The molecule has 0 bridgehead atoms. The Kier molecular flexibility index (Phi) is 5.25. The molecule has 0 aromatic carbocycles. The number of guanidine groups is 1. The Morgan fingerprint density at radius 2 is 1.95 bits per heavy atom. The summed E-state index contributed by atoms with van der Waals surface area (Å²) < 4.78 is 39.7. The number of nitrogens with one attached hydrogen (secondary N) is 2. The molecule has 21 heavy (non-hydrogen) atoms. The third-order valence-corrected chi connectivity index (χ3v) is 2.42. The number of hydrogen-bond donors (Lipinski definition) is 2. The minimum Gasteiger partial charge on any atom is -0.357 e. The lowest BCUT2D eigenvalue weighted by molar-refractivity contribution is -0.142. The van der Waals surface area contributed by atoms with Gasteiger partial charge in [-0.1, -0.05) is 0 Å². The third kappa shape index (κ3) is 5.65. The van der Waals surface area contributed by atoms with E-state index in [1.807, 2.05) is 27.7 Å². The maximum atomic E-state index is 12.8. The van der Waals surface area contributed by atoms with Crippen molar-refractivity contribution in [2.45, 2.75) is 46.0 Å². The Morgan fingerprint density at radius 3 is 2.43 bits per heavy atom. The maximum Gasteiger partial charge on any atom is 0.435 e. The predicted octanol–water partition coefficient (Wildman–Crippen LogP) is 2.29. The molecule has 0 spiro atoms. The quantitative estimate of drug-likeness (QED) is 0.665. The van der Waals surface area contributed by atoms with Crippen LogP contribution in [0.25, 0.3) is 0 Å². The SMILES string of the molecule is CCNC(=NCc1cn(C)nc1C(F)(F)F)NC(C)(C)C. The number of nitrogens with zero attached hydrogens (tertiary/aromatic N) is 3. The number of aromatic nitrogens is 2. The van der Waals surface area contributed by atoms with E-state index in [9.17, 15) is 13.2 Å². The molecule has 0 aliphatic carbocycles. The van der Waals surface area contributed by atoms with Gasteiger partial charge in [-0.2, -0.15) is 18.3 Å². The zero-order chi connectivity index (χ0) is 16.3. The first kappa shape index (κ1) is 17.3. The van der Waals surface area contributed by atoms with Crippen molar-refractivity contribution in [2.24, 2.45) is 12.0 Å². The van der Waals surface area contributed by atoms with Crippen molar-refractivity contribution >= 4 is 5.96 Å². The van der Waals surface area contributed by atoms with Crippen LogP contribution >= 0.6 is 0 Å². The molecule has 0 atom stereocenters. The Morgan fingerprint density at radius 1 is 1.33 bits per heavy atom. The summed E-state index contributed by atoms with van der Waals surface area (Å²) in [7, 11) is 1.46. The highest BCUT2D eigenvalue weighted by Gasteiger charge is 2.36. The molecule has 0 radical (unpaired) electrons. The molecule has 0 saturated carbocycles.